The Kier molecular flexibility index (Phi) is 7.06. The van der Waals surface area contributed by atoms with Gasteiger partial charge < -0.3 is 14.5 Å². The minimum Gasteiger partial charge on any atom is -0.465 e. The second kappa shape index (κ2) is 8.14. The van der Waals surface area contributed by atoms with E-state index in [1.165, 1.54) is 17.5 Å². The summed E-state index contributed by atoms with van der Waals surface area (Å²) in [6.07, 6.45) is 1.81. The van der Waals surface area contributed by atoms with E-state index in [4.69, 9.17) is 4.42 Å². The van der Waals surface area contributed by atoms with Crippen molar-refractivity contribution in [2.24, 2.45) is 5.92 Å². The molecule has 132 valence electrons. The quantitative estimate of drug-likeness (QED) is 0.793. The number of esters is 1. The first-order valence-electron chi connectivity index (χ1n) is 7.23. The normalized spacial score (nSPS) is 19.2. The summed E-state index contributed by atoms with van der Waals surface area (Å²) in [5, 5.41) is 2.88. The lowest BCUT2D eigenvalue weighted by molar-refractivity contribution is 0.0599. The molecule has 0 aromatic carbocycles. The van der Waals surface area contributed by atoms with Gasteiger partial charge in [-0.3, -0.25) is 0 Å². The molecule has 7 nitrogen and oxygen atoms in total. The van der Waals surface area contributed by atoms with Crippen LogP contribution >= 0.6 is 12.4 Å². The second-order valence-corrected chi connectivity index (χ2v) is 7.32. The summed E-state index contributed by atoms with van der Waals surface area (Å²) in [6, 6.07) is 1.25. The molecule has 2 rings (SSSR count). The Bertz CT molecular complexity index is 642. The Hall–Kier alpha value is -1.09. The second-order valence-electron chi connectivity index (χ2n) is 5.46. The maximum atomic E-state index is 12.7. The highest BCUT2D eigenvalue weighted by Crippen LogP contribution is 2.26. The van der Waals surface area contributed by atoms with Crippen LogP contribution < -0.4 is 5.32 Å². The predicted octanol–water partition coefficient (Wildman–Crippen LogP) is 1.42. The number of carbonyl (C=O) groups excluding carboxylic acids is 1. The van der Waals surface area contributed by atoms with Gasteiger partial charge in [0.05, 0.1) is 7.11 Å². The fourth-order valence-electron chi connectivity index (χ4n) is 2.72. The highest BCUT2D eigenvalue weighted by molar-refractivity contribution is 7.89. The van der Waals surface area contributed by atoms with Crippen molar-refractivity contribution in [2.45, 2.75) is 24.9 Å². The highest BCUT2D eigenvalue weighted by atomic mass is 35.5. The largest absolute Gasteiger partial charge is 0.465 e. The Morgan fingerprint density at radius 1 is 1.52 bits per heavy atom. The summed E-state index contributed by atoms with van der Waals surface area (Å²) < 4.78 is 36.7. The molecule has 23 heavy (non-hydrogen) atoms. The third-order valence-corrected chi connectivity index (χ3v) is 5.59. The molecule has 1 aromatic rings. The van der Waals surface area contributed by atoms with Gasteiger partial charge in [-0.25, -0.2) is 13.2 Å². The van der Waals surface area contributed by atoms with Crippen molar-refractivity contribution in [3.8, 4) is 0 Å². The average Bonchev–Trinajstić information content (AvgIpc) is 2.90. The number of piperidine rings is 1. The summed E-state index contributed by atoms with van der Waals surface area (Å²) in [5.74, 6) is -0.0757. The molecule has 1 aliphatic rings. The van der Waals surface area contributed by atoms with Crippen LogP contribution in [0.15, 0.2) is 15.6 Å². The standard InChI is InChI=1S/C14H22N2O5S.ClH/c1-10-12(14(17)20-3)7-13(21-10)22(18,19)16-6-4-5-11(9-16)8-15-2;/h7,11,15H,4-6,8-9H2,1-3H3;1H. The molecule has 0 bridgehead atoms. The summed E-state index contributed by atoms with van der Waals surface area (Å²) >= 11 is 0. The Balaban J connectivity index is 0.00000264. The molecule has 0 saturated carbocycles. The van der Waals surface area contributed by atoms with Gasteiger partial charge in [-0.15, -0.1) is 12.4 Å². The van der Waals surface area contributed by atoms with E-state index in [9.17, 15) is 13.2 Å². The first-order valence-corrected chi connectivity index (χ1v) is 8.67. The number of aryl methyl sites for hydroxylation is 1. The van der Waals surface area contributed by atoms with Crippen LogP contribution in [0.2, 0.25) is 0 Å². The number of halogens is 1. The van der Waals surface area contributed by atoms with Gasteiger partial charge in [-0.2, -0.15) is 4.31 Å². The highest BCUT2D eigenvalue weighted by Gasteiger charge is 2.33. The van der Waals surface area contributed by atoms with E-state index in [-0.39, 0.29) is 34.7 Å². The monoisotopic (exact) mass is 366 g/mol. The van der Waals surface area contributed by atoms with Crippen LogP contribution in [0.4, 0.5) is 0 Å². The Labute approximate surface area is 142 Å². The van der Waals surface area contributed by atoms with E-state index in [1.807, 2.05) is 7.05 Å². The van der Waals surface area contributed by atoms with Gasteiger partial charge in [-0.05, 0) is 39.3 Å². The van der Waals surface area contributed by atoms with Crippen LogP contribution in [-0.2, 0) is 14.8 Å². The topological polar surface area (TPSA) is 88.9 Å². The molecular formula is C14H23ClN2O5S. The molecule has 9 heteroatoms. The van der Waals surface area contributed by atoms with Gasteiger partial charge in [0.2, 0.25) is 5.09 Å². The number of rotatable bonds is 5. The SMILES string of the molecule is CNCC1CCCN(S(=O)(=O)c2cc(C(=O)OC)c(C)o2)C1.Cl. The van der Waals surface area contributed by atoms with E-state index >= 15 is 0 Å². The van der Waals surface area contributed by atoms with E-state index in [0.717, 1.165) is 19.4 Å². The molecule has 0 spiro atoms. The Morgan fingerprint density at radius 2 is 2.22 bits per heavy atom. The molecule has 0 aliphatic carbocycles. The van der Waals surface area contributed by atoms with Crippen LogP contribution in [0.5, 0.6) is 0 Å². The van der Waals surface area contributed by atoms with Crippen LogP contribution in [0.25, 0.3) is 0 Å². The summed E-state index contributed by atoms with van der Waals surface area (Å²) in [6.45, 7) is 3.24. The smallest absolute Gasteiger partial charge is 0.341 e. The number of carbonyl (C=O) groups is 1. The lowest BCUT2D eigenvalue weighted by atomic mass is 10.00. The molecule has 1 fully saturated rings. The van der Waals surface area contributed by atoms with E-state index in [2.05, 4.69) is 10.1 Å². The molecule has 1 aromatic heterocycles. The minimum absolute atomic E-state index is 0. The third-order valence-electron chi connectivity index (χ3n) is 3.87. The zero-order valence-corrected chi connectivity index (χ0v) is 15.1. The fourth-order valence-corrected chi connectivity index (χ4v) is 4.25. The molecule has 1 aliphatic heterocycles. The molecular weight excluding hydrogens is 344 g/mol. The van der Waals surface area contributed by atoms with Crippen LogP contribution in [0.3, 0.4) is 0 Å². The van der Waals surface area contributed by atoms with Crippen molar-refractivity contribution in [1.82, 2.24) is 9.62 Å². The van der Waals surface area contributed by atoms with Crippen LogP contribution in [0.1, 0.15) is 29.0 Å². The van der Waals surface area contributed by atoms with Crippen molar-refractivity contribution < 1.29 is 22.4 Å². The predicted molar refractivity (Wildman–Crippen MR) is 87.4 cm³/mol. The van der Waals surface area contributed by atoms with E-state index < -0.39 is 16.0 Å². The van der Waals surface area contributed by atoms with E-state index in [0.29, 0.717) is 13.1 Å². The molecule has 1 atom stereocenters. The summed E-state index contributed by atoms with van der Waals surface area (Å²) in [5.41, 5.74) is 0.143. The van der Waals surface area contributed by atoms with Crippen molar-refractivity contribution in [3.05, 3.63) is 17.4 Å². The van der Waals surface area contributed by atoms with Crippen molar-refractivity contribution in [2.75, 3.05) is 33.8 Å². The molecule has 0 amide bonds. The first kappa shape index (κ1) is 20.0. The van der Waals surface area contributed by atoms with Gasteiger partial charge in [0.1, 0.15) is 11.3 Å². The van der Waals surface area contributed by atoms with Gasteiger partial charge in [0.25, 0.3) is 10.0 Å². The maximum absolute atomic E-state index is 12.7. The number of methoxy groups -OCH3 is 1. The van der Waals surface area contributed by atoms with Gasteiger partial charge in [0, 0.05) is 19.2 Å². The Morgan fingerprint density at radius 3 is 2.83 bits per heavy atom. The summed E-state index contributed by atoms with van der Waals surface area (Å²) in [4.78, 5) is 11.6. The van der Waals surface area contributed by atoms with E-state index in [1.54, 1.807) is 6.92 Å². The van der Waals surface area contributed by atoms with Gasteiger partial charge in [0.15, 0.2) is 0 Å². The zero-order valence-electron chi connectivity index (χ0n) is 13.5. The molecule has 1 N–H and O–H groups in total. The lowest BCUT2D eigenvalue weighted by Crippen LogP contribution is -2.42. The molecule has 1 unspecified atom stereocenters. The van der Waals surface area contributed by atoms with Gasteiger partial charge in [-0.1, -0.05) is 0 Å². The van der Waals surface area contributed by atoms with Crippen molar-refractivity contribution >= 4 is 28.4 Å². The third kappa shape index (κ3) is 4.26. The fraction of sp³-hybridized carbons (Fsp3) is 0.643. The van der Waals surface area contributed by atoms with Crippen LogP contribution in [0, 0.1) is 12.8 Å². The number of nitrogens with one attached hydrogen (secondary N) is 1. The zero-order chi connectivity index (χ0) is 16.3. The number of ether oxygens (including phenoxy) is 1. The lowest BCUT2D eigenvalue weighted by Gasteiger charge is -2.31. The average molecular weight is 367 g/mol. The van der Waals surface area contributed by atoms with Crippen molar-refractivity contribution in [3.63, 3.8) is 0 Å². The first-order chi connectivity index (χ1) is 10.4. The molecule has 2 heterocycles. The van der Waals surface area contributed by atoms with Crippen LogP contribution in [-0.4, -0.2) is 52.5 Å². The van der Waals surface area contributed by atoms with Gasteiger partial charge >= 0.3 is 5.97 Å². The number of sulfonamides is 1. The molecule has 1 saturated heterocycles. The summed E-state index contributed by atoms with van der Waals surface area (Å²) in [7, 11) is -0.626. The number of furan rings is 1. The van der Waals surface area contributed by atoms with Crippen molar-refractivity contribution in [1.29, 1.82) is 0 Å². The number of hydrogen-bond acceptors (Lipinski definition) is 6. The molecule has 0 radical (unpaired) electrons. The number of nitrogens with zero attached hydrogens (tertiary/aromatic N) is 1. The minimum atomic E-state index is -3.73. The number of hydrogen-bond donors (Lipinski definition) is 1. The maximum Gasteiger partial charge on any atom is 0.341 e.